The molecule has 1 aromatic carbocycles. The summed E-state index contributed by atoms with van der Waals surface area (Å²) in [6.07, 6.45) is 3.88. The number of hydrogen-bond acceptors (Lipinski definition) is 6. The van der Waals surface area contributed by atoms with Gasteiger partial charge in [0.15, 0.2) is 16.6 Å². The average Bonchev–Trinajstić information content (AvgIpc) is 3.53. The number of H-pyrrole nitrogens is 1. The maximum atomic E-state index is 12.8. The highest BCUT2D eigenvalue weighted by Crippen LogP contribution is 2.35. The van der Waals surface area contributed by atoms with Crippen LogP contribution in [0.1, 0.15) is 24.2 Å². The summed E-state index contributed by atoms with van der Waals surface area (Å²) in [6, 6.07) is 9.26. The smallest absolute Gasteiger partial charge is 0.253 e. The van der Waals surface area contributed by atoms with Crippen LogP contribution in [0.15, 0.2) is 45.8 Å². The third-order valence-corrected chi connectivity index (χ3v) is 5.90. The molecule has 9 heteroatoms. The number of aromatic nitrogens is 1. The Kier molecular flexibility index (Phi) is 5.52. The van der Waals surface area contributed by atoms with E-state index in [9.17, 15) is 4.79 Å². The number of aromatic amines is 1. The van der Waals surface area contributed by atoms with E-state index in [1.807, 2.05) is 29.2 Å². The van der Waals surface area contributed by atoms with Crippen LogP contribution in [0.25, 0.3) is 10.9 Å². The van der Waals surface area contributed by atoms with E-state index in [4.69, 9.17) is 30.8 Å². The van der Waals surface area contributed by atoms with Gasteiger partial charge in [0.2, 0.25) is 6.79 Å². The van der Waals surface area contributed by atoms with Gasteiger partial charge in [0.25, 0.3) is 5.56 Å². The fourth-order valence-electron chi connectivity index (χ4n) is 3.87. The van der Waals surface area contributed by atoms with Crippen molar-refractivity contribution in [1.82, 2.24) is 15.2 Å². The van der Waals surface area contributed by atoms with Crippen molar-refractivity contribution in [2.45, 2.75) is 32.0 Å². The summed E-state index contributed by atoms with van der Waals surface area (Å²) in [7, 11) is 0. The molecule has 5 rings (SSSR count). The lowest BCUT2D eigenvalue weighted by atomic mass is 10.1. The van der Waals surface area contributed by atoms with Gasteiger partial charge in [-0.25, -0.2) is 0 Å². The molecule has 2 aromatic heterocycles. The van der Waals surface area contributed by atoms with Crippen LogP contribution in [0.3, 0.4) is 0 Å². The monoisotopic (exact) mass is 441 g/mol. The summed E-state index contributed by atoms with van der Waals surface area (Å²) < 4.78 is 22.1. The van der Waals surface area contributed by atoms with E-state index in [-0.39, 0.29) is 18.5 Å². The number of ether oxygens (including phenoxy) is 3. The predicted molar refractivity (Wildman–Crippen MR) is 118 cm³/mol. The van der Waals surface area contributed by atoms with Crippen molar-refractivity contribution in [2.75, 3.05) is 19.9 Å². The molecule has 0 spiro atoms. The molecule has 0 unspecified atom stereocenters. The first-order valence-corrected chi connectivity index (χ1v) is 10.7. The van der Waals surface area contributed by atoms with Crippen LogP contribution < -0.4 is 20.3 Å². The molecular formula is C22H23N3O5S. The van der Waals surface area contributed by atoms with Gasteiger partial charge >= 0.3 is 0 Å². The van der Waals surface area contributed by atoms with E-state index >= 15 is 0 Å². The fraction of sp³-hybridized carbons (Fsp3) is 0.364. The number of nitrogens with zero attached hydrogens (tertiary/aromatic N) is 1. The average molecular weight is 442 g/mol. The van der Waals surface area contributed by atoms with Gasteiger partial charge in [-0.05, 0) is 49.3 Å². The van der Waals surface area contributed by atoms with Crippen LogP contribution in [0.4, 0.5) is 0 Å². The van der Waals surface area contributed by atoms with E-state index in [0.717, 1.165) is 30.6 Å². The second-order valence-electron chi connectivity index (χ2n) is 7.67. The quantitative estimate of drug-likeness (QED) is 0.565. The van der Waals surface area contributed by atoms with Crippen molar-refractivity contribution in [3.05, 3.63) is 58.3 Å². The molecule has 31 heavy (non-hydrogen) atoms. The highest BCUT2D eigenvalue weighted by Gasteiger charge is 2.20. The van der Waals surface area contributed by atoms with Crippen molar-refractivity contribution < 1.29 is 18.6 Å². The van der Waals surface area contributed by atoms with Crippen molar-refractivity contribution in [3.63, 3.8) is 0 Å². The molecule has 2 N–H and O–H groups in total. The minimum atomic E-state index is -0.169. The zero-order valence-electron chi connectivity index (χ0n) is 16.9. The van der Waals surface area contributed by atoms with Gasteiger partial charge in [-0.15, -0.1) is 0 Å². The summed E-state index contributed by atoms with van der Waals surface area (Å²) >= 11 is 5.66. The van der Waals surface area contributed by atoms with Crippen LogP contribution in [0, 0.1) is 0 Å². The van der Waals surface area contributed by atoms with Crippen LogP contribution >= 0.6 is 12.2 Å². The van der Waals surface area contributed by atoms with E-state index in [2.05, 4.69) is 10.3 Å². The standard InChI is InChI=1S/C22H23N3O5S/c26-21-15(7-14-8-19-20(30-13-29-19)9-18(14)24-21)11-25(12-17-4-2-6-28-17)22(31)23-10-16-3-1-5-27-16/h2,4,6-9,16H,1,3,5,10-13H2,(H,23,31)(H,24,26)/t16-/m1/s1. The van der Waals surface area contributed by atoms with E-state index < -0.39 is 0 Å². The Bertz CT molecular complexity index is 1140. The number of hydrogen-bond donors (Lipinski definition) is 2. The lowest BCUT2D eigenvalue weighted by Crippen LogP contribution is -2.42. The number of nitrogens with one attached hydrogen (secondary N) is 2. The number of thiocarbonyl (C=S) groups is 1. The van der Waals surface area contributed by atoms with Crippen molar-refractivity contribution in [1.29, 1.82) is 0 Å². The Labute approximate surface area is 184 Å². The second-order valence-corrected chi connectivity index (χ2v) is 8.06. The van der Waals surface area contributed by atoms with Crippen molar-refractivity contribution in [2.24, 2.45) is 0 Å². The zero-order valence-corrected chi connectivity index (χ0v) is 17.7. The molecule has 2 aliphatic heterocycles. The van der Waals surface area contributed by atoms with Crippen LogP contribution in [-0.2, 0) is 17.8 Å². The van der Waals surface area contributed by atoms with Crippen LogP contribution in [-0.4, -0.2) is 41.0 Å². The third-order valence-electron chi connectivity index (χ3n) is 5.49. The molecule has 2 aliphatic rings. The minimum Gasteiger partial charge on any atom is -0.467 e. The molecule has 8 nitrogen and oxygen atoms in total. The summed E-state index contributed by atoms with van der Waals surface area (Å²) in [5.41, 5.74) is 1.13. The first-order chi connectivity index (χ1) is 15.2. The maximum absolute atomic E-state index is 12.8. The number of rotatable bonds is 6. The van der Waals surface area contributed by atoms with Crippen molar-refractivity contribution in [3.8, 4) is 11.5 Å². The van der Waals surface area contributed by atoms with Gasteiger partial charge in [0.1, 0.15) is 5.76 Å². The van der Waals surface area contributed by atoms with Gasteiger partial charge in [0, 0.05) is 30.2 Å². The van der Waals surface area contributed by atoms with Gasteiger partial charge < -0.3 is 33.8 Å². The van der Waals surface area contributed by atoms with E-state index in [1.54, 1.807) is 12.3 Å². The first kappa shape index (κ1) is 19.9. The second kappa shape index (κ2) is 8.60. The lowest BCUT2D eigenvalue weighted by molar-refractivity contribution is 0.113. The Balaban J connectivity index is 1.38. The summed E-state index contributed by atoms with van der Waals surface area (Å²) in [5, 5.41) is 4.71. The molecule has 0 amide bonds. The molecule has 0 bridgehead atoms. The number of benzene rings is 1. The zero-order chi connectivity index (χ0) is 21.2. The fourth-order valence-corrected chi connectivity index (χ4v) is 4.09. The molecule has 1 saturated heterocycles. The first-order valence-electron chi connectivity index (χ1n) is 10.3. The highest BCUT2D eigenvalue weighted by atomic mass is 32.1. The summed E-state index contributed by atoms with van der Waals surface area (Å²) in [6.45, 7) is 2.40. The molecule has 3 aromatic rings. The Morgan fingerprint density at radius 2 is 2.10 bits per heavy atom. The van der Waals surface area contributed by atoms with Gasteiger partial charge in [-0.1, -0.05) is 0 Å². The molecule has 162 valence electrons. The normalized spacial score (nSPS) is 17.2. The molecular weight excluding hydrogens is 418 g/mol. The Hall–Kier alpha value is -3.04. The summed E-state index contributed by atoms with van der Waals surface area (Å²) in [5.74, 6) is 2.07. The largest absolute Gasteiger partial charge is 0.467 e. The van der Waals surface area contributed by atoms with Crippen LogP contribution in [0.2, 0.25) is 0 Å². The molecule has 0 saturated carbocycles. The lowest BCUT2D eigenvalue weighted by Gasteiger charge is -2.26. The topological polar surface area (TPSA) is 89.0 Å². The maximum Gasteiger partial charge on any atom is 0.253 e. The summed E-state index contributed by atoms with van der Waals surface area (Å²) in [4.78, 5) is 17.7. The highest BCUT2D eigenvalue weighted by molar-refractivity contribution is 7.80. The molecule has 0 radical (unpaired) electrons. The van der Waals surface area contributed by atoms with Crippen molar-refractivity contribution >= 4 is 28.2 Å². The predicted octanol–water partition coefficient (Wildman–Crippen LogP) is 2.91. The van der Waals surface area contributed by atoms with Crippen LogP contribution in [0.5, 0.6) is 11.5 Å². The Morgan fingerprint density at radius 3 is 2.87 bits per heavy atom. The van der Waals surface area contributed by atoms with Gasteiger partial charge in [-0.2, -0.15) is 0 Å². The molecule has 1 fully saturated rings. The molecule has 0 aliphatic carbocycles. The van der Waals surface area contributed by atoms with E-state index in [1.165, 1.54) is 0 Å². The SMILES string of the molecule is O=c1[nH]c2cc3c(cc2cc1CN(Cc1ccco1)C(=S)NC[C@H]1CCCO1)OCO3. The number of furan rings is 1. The van der Waals surface area contributed by atoms with Gasteiger partial charge in [-0.3, -0.25) is 4.79 Å². The Morgan fingerprint density at radius 1 is 1.23 bits per heavy atom. The minimum absolute atomic E-state index is 0.164. The molecule has 4 heterocycles. The number of fused-ring (bicyclic) bond motifs is 2. The number of pyridine rings is 1. The molecule has 1 atom stereocenters. The third kappa shape index (κ3) is 4.38. The van der Waals surface area contributed by atoms with Gasteiger partial charge in [0.05, 0.1) is 31.0 Å². The van der Waals surface area contributed by atoms with E-state index in [0.29, 0.717) is 47.3 Å².